The maximum absolute atomic E-state index is 14.2. The Balaban J connectivity index is 2.22. The van der Waals surface area contributed by atoms with Gasteiger partial charge in [0.15, 0.2) is 0 Å². The Kier molecular flexibility index (Phi) is 8.67. The normalized spacial score (nSPS) is 12.4. The number of halogens is 1. The summed E-state index contributed by atoms with van der Waals surface area (Å²) in [5.74, 6) is -1.31. The number of rotatable bonds is 7. The summed E-state index contributed by atoms with van der Waals surface area (Å²) in [7, 11) is 0. The van der Waals surface area contributed by atoms with E-state index in [0.717, 1.165) is 5.56 Å². The highest BCUT2D eigenvalue weighted by Crippen LogP contribution is 2.31. The fourth-order valence-electron chi connectivity index (χ4n) is 3.66. The van der Waals surface area contributed by atoms with Gasteiger partial charge in [0.25, 0.3) is 5.91 Å². The Morgan fingerprint density at radius 3 is 1.94 bits per heavy atom. The van der Waals surface area contributed by atoms with Gasteiger partial charge < -0.3 is 10.6 Å². The number of carbonyl (C=O) groups is 3. The number of nitrogens with zero attached hydrogens (tertiary/aromatic N) is 1. The number of anilines is 1. The van der Waals surface area contributed by atoms with E-state index >= 15 is 0 Å². The predicted octanol–water partition coefficient (Wildman–Crippen LogP) is 5.51. The molecule has 2 N–H and O–H groups in total. The lowest BCUT2D eigenvalue weighted by Gasteiger charge is -2.34. The summed E-state index contributed by atoms with van der Waals surface area (Å²) in [6.45, 7) is 6.96. The van der Waals surface area contributed by atoms with Crippen LogP contribution in [0.5, 0.6) is 0 Å². The quantitative estimate of drug-likeness (QED) is 0.417. The van der Waals surface area contributed by atoms with Crippen molar-refractivity contribution in [1.29, 1.82) is 0 Å². The van der Waals surface area contributed by atoms with Crippen LogP contribution in [0.15, 0.2) is 90.6 Å². The molecule has 6 nitrogen and oxygen atoms in total. The molecule has 0 saturated carbocycles. The van der Waals surface area contributed by atoms with Crippen LogP contribution < -0.4 is 15.5 Å². The fourth-order valence-corrected chi connectivity index (χ4v) is 3.79. The zero-order valence-electron chi connectivity index (χ0n) is 20.8. The van der Waals surface area contributed by atoms with Crippen molar-refractivity contribution in [2.75, 3.05) is 4.90 Å². The SMILES string of the molecule is CC(=O)N/C(=C\c1ccccc1)C(=O)N(c1ccc(Cl)cc1)C(C(=O)NC(C)(C)C)c1ccccc1. The number of hydrogen-bond donors (Lipinski definition) is 2. The third-order valence-electron chi connectivity index (χ3n) is 5.10. The Morgan fingerprint density at radius 1 is 0.861 bits per heavy atom. The van der Waals surface area contributed by atoms with E-state index in [4.69, 9.17) is 11.6 Å². The lowest BCUT2D eigenvalue weighted by atomic mass is 10.00. The van der Waals surface area contributed by atoms with Crippen LogP contribution in [-0.4, -0.2) is 23.3 Å². The van der Waals surface area contributed by atoms with Crippen LogP contribution in [0.4, 0.5) is 5.69 Å². The molecule has 0 heterocycles. The van der Waals surface area contributed by atoms with E-state index in [1.165, 1.54) is 11.8 Å². The molecule has 186 valence electrons. The third-order valence-corrected chi connectivity index (χ3v) is 5.35. The zero-order chi connectivity index (χ0) is 26.3. The van der Waals surface area contributed by atoms with Crippen LogP contribution in [0, 0.1) is 0 Å². The monoisotopic (exact) mass is 503 g/mol. The topological polar surface area (TPSA) is 78.5 Å². The van der Waals surface area contributed by atoms with Crippen molar-refractivity contribution in [2.24, 2.45) is 0 Å². The van der Waals surface area contributed by atoms with Gasteiger partial charge in [-0.1, -0.05) is 72.3 Å². The average molecular weight is 504 g/mol. The van der Waals surface area contributed by atoms with Gasteiger partial charge in [0.2, 0.25) is 11.8 Å². The maximum Gasteiger partial charge on any atom is 0.275 e. The van der Waals surface area contributed by atoms with Gasteiger partial charge in [-0.3, -0.25) is 19.3 Å². The molecule has 0 aromatic heterocycles. The van der Waals surface area contributed by atoms with Gasteiger partial charge in [-0.25, -0.2) is 0 Å². The second kappa shape index (κ2) is 11.7. The first-order chi connectivity index (χ1) is 17.0. The molecule has 0 saturated heterocycles. The van der Waals surface area contributed by atoms with Gasteiger partial charge >= 0.3 is 0 Å². The Labute approximate surface area is 217 Å². The highest BCUT2D eigenvalue weighted by molar-refractivity contribution is 6.30. The summed E-state index contributed by atoms with van der Waals surface area (Å²) >= 11 is 6.13. The average Bonchev–Trinajstić information content (AvgIpc) is 2.82. The lowest BCUT2D eigenvalue weighted by molar-refractivity contribution is -0.127. The van der Waals surface area contributed by atoms with E-state index in [-0.39, 0.29) is 11.6 Å². The number of carbonyl (C=O) groups excluding carboxylic acids is 3. The number of hydrogen-bond acceptors (Lipinski definition) is 3. The highest BCUT2D eigenvalue weighted by atomic mass is 35.5. The van der Waals surface area contributed by atoms with Crippen molar-refractivity contribution in [1.82, 2.24) is 10.6 Å². The predicted molar refractivity (Wildman–Crippen MR) is 144 cm³/mol. The molecule has 0 aliphatic rings. The van der Waals surface area contributed by atoms with Gasteiger partial charge in [0.05, 0.1) is 0 Å². The summed E-state index contributed by atoms with van der Waals surface area (Å²) in [5, 5.41) is 6.14. The minimum Gasteiger partial charge on any atom is -0.349 e. The van der Waals surface area contributed by atoms with Crippen LogP contribution in [0.2, 0.25) is 5.02 Å². The van der Waals surface area contributed by atoms with Crippen molar-refractivity contribution < 1.29 is 14.4 Å². The van der Waals surface area contributed by atoms with Crippen LogP contribution in [0.25, 0.3) is 6.08 Å². The van der Waals surface area contributed by atoms with Crippen molar-refractivity contribution in [3.8, 4) is 0 Å². The summed E-state index contributed by atoms with van der Waals surface area (Å²) in [5.41, 5.74) is 1.28. The molecule has 36 heavy (non-hydrogen) atoms. The van der Waals surface area contributed by atoms with Crippen molar-refractivity contribution in [3.63, 3.8) is 0 Å². The molecular formula is C29H30ClN3O3. The standard InChI is InChI=1S/C29H30ClN3O3/c1-20(34)31-25(19-21-11-7-5-8-12-21)28(36)33(24-17-15-23(30)16-18-24)26(22-13-9-6-10-14-22)27(35)32-29(2,3)4/h5-19,26H,1-4H3,(H,31,34)(H,32,35)/b25-19-. The highest BCUT2D eigenvalue weighted by Gasteiger charge is 2.36. The molecule has 0 fully saturated rings. The molecule has 0 aliphatic heterocycles. The van der Waals surface area contributed by atoms with Gasteiger partial charge in [-0.15, -0.1) is 0 Å². The van der Waals surface area contributed by atoms with E-state index in [2.05, 4.69) is 10.6 Å². The Morgan fingerprint density at radius 2 is 1.42 bits per heavy atom. The molecule has 7 heteroatoms. The molecule has 3 aromatic carbocycles. The van der Waals surface area contributed by atoms with E-state index in [1.54, 1.807) is 42.5 Å². The van der Waals surface area contributed by atoms with Gasteiger partial charge in [-0.05, 0) is 62.2 Å². The van der Waals surface area contributed by atoms with E-state index in [1.807, 2.05) is 69.3 Å². The van der Waals surface area contributed by atoms with Gasteiger partial charge in [-0.2, -0.15) is 0 Å². The van der Waals surface area contributed by atoms with Crippen LogP contribution in [-0.2, 0) is 14.4 Å². The Bertz CT molecular complexity index is 1230. The zero-order valence-corrected chi connectivity index (χ0v) is 21.5. The molecule has 0 radical (unpaired) electrons. The minimum atomic E-state index is -1.02. The van der Waals surface area contributed by atoms with Crippen molar-refractivity contribution in [3.05, 3.63) is 107 Å². The summed E-state index contributed by atoms with van der Waals surface area (Å²) in [4.78, 5) is 41.4. The van der Waals surface area contributed by atoms with E-state index in [0.29, 0.717) is 16.3 Å². The first-order valence-corrected chi connectivity index (χ1v) is 11.9. The largest absolute Gasteiger partial charge is 0.349 e. The van der Waals surface area contributed by atoms with Crippen LogP contribution >= 0.6 is 11.6 Å². The molecule has 0 spiro atoms. The second-order valence-corrected chi connectivity index (χ2v) is 9.79. The van der Waals surface area contributed by atoms with E-state index in [9.17, 15) is 14.4 Å². The summed E-state index contributed by atoms with van der Waals surface area (Å²) in [6.07, 6.45) is 1.59. The molecule has 1 unspecified atom stereocenters. The maximum atomic E-state index is 14.2. The Hall–Kier alpha value is -3.90. The molecule has 3 rings (SSSR count). The number of benzene rings is 3. The second-order valence-electron chi connectivity index (χ2n) is 9.35. The number of nitrogens with one attached hydrogen (secondary N) is 2. The van der Waals surface area contributed by atoms with Crippen LogP contribution in [0.1, 0.15) is 44.9 Å². The molecule has 3 aromatic rings. The van der Waals surface area contributed by atoms with Crippen LogP contribution in [0.3, 0.4) is 0 Å². The molecular weight excluding hydrogens is 474 g/mol. The summed E-state index contributed by atoms with van der Waals surface area (Å²) in [6, 6.07) is 23.9. The third kappa shape index (κ3) is 7.30. The van der Waals surface area contributed by atoms with Crippen molar-refractivity contribution >= 4 is 41.1 Å². The molecule has 0 bridgehead atoms. The summed E-state index contributed by atoms with van der Waals surface area (Å²) < 4.78 is 0. The molecule has 3 amide bonds. The first kappa shape index (κ1) is 26.7. The smallest absolute Gasteiger partial charge is 0.275 e. The number of amides is 3. The van der Waals surface area contributed by atoms with Gasteiger partial charge in [0.1, 0.15) is 11.7 Å². The molecule has 1 atom stereocenters. The molecule has 0 aliphatic carbocycles. The van der Waals surface area contributed by atoms with Crippen molar-refractivity contribution in [2.45, 2.75) is 39.3 Å². The first-order valence-electron chi connectivity index (χ1n) is 11.6. The lowest BCUT2D eigenvalue weighted by Crippen LogP contribution is -2.50. The van der Waals surface area contributed by atoms with Gasteiger partial charge in [0, 0.05) is 23.2 Å². The fraction of sp³-hybridized carbons (Fsp3) is 0.207. The van der Waals surface area contributed by atoms with E-state index < -0.39 is 23.4 Å². The minimum absolute atomic E-state index is 0.0353.